The van der Waals surface area contributed by atoms with Crippen molar-refractivity contribution in [3.8, 4) is 0 Å². The van der Waals surface area contributed by atoms with E-state index in [4.69, 9.17) is 37.9 Å². The van der Waals surface area contributed by atoms with Gasteiger partial charge < -0.3 is 120 Å². The highest BCUT2D eigenvalue weighted by atomic mass is 16.8. The Morgan fingerprint density at radius 3 is 1.56 bits per heavy atom. The quantitative estimate of drug-likeness (QED) is 0.0627. The van der Waals surface area contributed by atoms with Gasteiger partial charge in [0, 0.05) is 5.41 Å². The first kappa shape index (κ1) is 61.6. The lowest BCUT2D eigenvalue weighted by Gasteiger charge is -2.64. The van der Waals surface area contributed by atoms with Crippen molar-refractivity contribution < 1.29 is 120 Å². The lowest BCUT2D eigenvalue weighted by Crippen LogP contribution is -2.67. The molecule has 4 heterocycles. The number of hydrogen-bond acceptors (Lipinski definition) is 24. The second kappa shape index (κ2) is 22.8. The SMILES string of the molecule is CC(C)[C@H](CC[C@@H](C)[C@H]1[C@@H](O)C[C@]2(C)[C@@H]3CC[C@@H]4C(C)(C)[C@@H](O[C@@H]5O[C@@H](CO)[C@H](O)[C@H](O)[C@H]5O[C@@H]5O[C@H](CO)[C@H](O)[C@H](O[C@@H]6O[C@@H](CO)[C@H](O)[C@@H](O)[C@H]6O)[C@H]5O)CC[C@@]45C[C@@]35[C@@H](O)C[C@]12C)O[C@@H]1O[C@@H](CO)[C@@H](O)[C@@H](O)[C@@H]1O. The summed E-state index contributed by atoms with van der Waals surface area (Å²) in [5, 5.41) is 174. The van der Waals surface area contributed by atoms with Gasteiger partial charge in [0.2, 0.25) is 0 Å². The molecule has 0 amide bonds. The summed E-state index contributed by atoms with van der Waals surface area (Å²) in [7, 11) is 0. The van der Waals surface area contributed by atoms with Crippen molar-refractivity contribution in [1.82, 2.24) is 0 Å². The summed E-state index contributed by atoms with van der Waals surface area (Å²) >= 11 is 0. The van der Waals surface area contributed by atoms with Crippen molar-refractivity contribution in [2.75, 3.05) is 26.4 Å². The third-order valence-corrected chi connectivity index (χ3v) is 21.9. The van der Waals surface area contributed by atoms with Gasteiger partial charge in [-0.15, -0.1) is 0 Å². The average molecular weight is 1130 g/mol. The van der Waals surface area contributed by atoms with Gasteiger partial charge in [-0.2, -0.15) is 0 Å². The van der Waals surface area contributed by atoms with Crippen LogP contribution >= 0.6 is 0 Å². The number of fused-ring (bicyclic) bond motifs is 2. The highest BCUT2D eigenvalue weighted by Gasteiger charge is 2.85. The molecule has 5 saturated carbocycles. The summed E-state index contributed by atoms with van der Waals surface area (Å²) in [5.41, 5.74) is -2.10. The van der Waals surface area contributed by atoms with Gasteiger partial charge >= 0.3 is 0 Å². The molecular formula is C54H92O24. The van der Waals surface area contributed by atoms with Crippen LogP contribution in [0.2, 0.25) is 0 Å². The van der Waals surface area contributed by atoms with Crippen LogP contribution in [0.4, 0.5) is 0 Å². The van der Waals surface area contributed by atoms with Gasteiger partial charge in [0.25, 0.3) is 0 Å². The topological polar surface area (TPSA) is 398 Å². The average Bonchev–Trinajstić information content (AvgIpc) is 2.89. The van der Waals surface area contributed by atoms with Gasteiger partial charge in [-0.1, -0.05) is 48.5 Å². The Kier molecular flexibility index (Phi) is 18.0. The van der Waals surface area contributed by atoms with Crippen molar-refractivity contribution in [3.05, 3.63) is 0 Å². The van der Waals surface area contributed by atoms with Crippen molar-refractivity contribution >= 4 is 0 Å². The van der Waals surface area contributed by atoms with Gasteiger partial charge in [-0.05, 0) is 109 Å². The summed E-state index contributed by atoms with van der Waals surface area (Å²) in [6, 6.07) is 0. The van der Waals surface area contributed by atoms with E-state index in [1.807, 2.05) is 13.8 Å². The van der Waals surface area contributed by atoms with Gasteiger partial charge in [0.1, 0.15) is 97.7 Å². The Labute approximate surface area is 455 Å². The number of aliphatic hydroxyl groups is 16. The molecule has 0 unspecified atom stereocenters. The van der Waals surface area contributed by atoms with Crippen LogP contribution in [-0.2, 0) is 37.9 Å². The minimum absolute atomic E-state index is 0.00876. The predicted octanol–water partition coefficient (Wildman–Crippen LogP) is -3.54. The molecule has 0 aromatic heterocycles. The Morgan fingerprint density at radius 2 is 0.987 bits per heavy atom. The summed E-state index contributed by atoms with van der Waals surface area (Å²) in [5.74, 6) is -0.0817. The van der Waals surface area contributed by atoms with Crippen molar-refractivity contribution in [3.63, 3.8) is 0 Å². The molecule has 0 radical (unpaired) electrons. The molecule has 5 aliphatic carbocycles. The van der Waals surface area contributed by atoms with Gasteiger partial charge in [-0.3, -0.25) is 0 Å². The minimum Gasteiger partial charge on any atom is -0.394 e. The summed E-state index contributed by atoms with van der Waals surface area (Å²) in [6.07, 6.45) is -29.2. The van der Waals surface area contributed by atoms with Crippen LogP contribution in [0.3, 0.4) is 0 Å². The van der Waals surface area contributed by atoms with E-state index in [0.29, 0.717) is 38.5 Å². The molecule has 24 nitrogen and oxygen atoms in total. The van der Waals surface area contributed by atoms with E-state index >= 15 is 0 Å². The second-order valence-electron chi connectivity index (χ2n) is 26.4. The first-order valence-corrected chi connectivity index (χ1v) is 28.5. The Hall–Kier alpha value is -0.960. The predicted molar refractivity (Wildman–Crippen MR) is 265 cm³/mol. The number of rotatable bonds is 17. The van der Waals surface area contributed by atoms with Gasteiger partial charge in [0.15, 0.2) is 25.2 Å². The van der Waals surface area contributed by atoms with E-state index in [2.05, 4.69) is 34.6 Å². The van der Waals surface area contributed by atoms with Gasteiger partial charge in [0.05, 0.1) is 50.8 Å². The van der Waals surface area contributed by atoms with Crippen molar-refractivity contribution in [1.29, 1.82) is 0 Å². The maximum atomic E-state index is 12.8. The highest BCUT2D eigenvalue weighted by Crippen LogP contribution is 2.89. The van der Waals surface area contributed by atoms with Crippen molar-refractivity contribution in [2.24, 2.45) is 56.7 Å². The third-order valence-electron chi connectivity index (χ3n) is 21.9. The zero-order chi connectivity index (χ0) is 57.1. The Balaban J connectivity index is 0.894. The van der Waals surface area contributed by atoms with Crippen LogP contribution in [0.25, 0.3) is 0 Å². The zero-order valence-corrected chi connectivity index (χ0v) is 45.9. The van der Waals surface area contributed by atoms with Crippen LogP contribution in [0.15, 0.2) is 0 Å². The molecule has 0 aromatic carbocycles. The zero-order valence-electron chi connectivity index (χ0n) is 45.9. The smallest absolute Gasteiger partial charge is 0.187 e. The monoisotopic (exact) mass is 1120 g/mol. The van der Waals surface area contributed by atoms with E-state index in [9.17, 15) is 81.7 Å². The lowest BCUT2D eigenvalue weighted by atomic mass is 9.41. The molecule has 16 N–H and O–H groups in total. The minimum atomic E-state index is -1.97. The molecule has 9 aliphatic rings. The van der Waals surface area contributed by atoms with Crippen molar-refractivity contribution in [2.45, 2.75) is 253 Å². The van der Waals surface area contributed by atoms with Crippen LogP contribution in [0.1, 0.15) is 106 Å². The molecule has 0 aromatic rings. The van der Waals surface area contributed by atoms with Crippen LogP contribution < -0.4 is 0 Å². The number of ether oxygens (including phenoxy) is 8. The molecule has 4 aliphatic heterocycles. The van der Waals surface area contributed by atoms with E-state index in [1.54, 1.807) is 0 Å². The van der Waals surface area contributed by atoms with E-state index in [-0.39, 0.29) is 40.4 Å². The molecule has 9 fully saturated rings. The molecular weight excluding hydrogens is 1030 g/mol. The molecule has 4 saturated heterocycles. The number of aliphatic hydroxyl groups excluding tert-OH is 16. The maximum Gasteiger partial charge on any atom is 0.187 e. The molecule has 0 bridgehead atoms. The lowest BCUT2D eigenvalue weighted by molar-refractivity contribution is -0.391. The van der Waals surface area contributed by atoms with E-state index in [0.717, 1.165) is 19.3 Å². The van der Waals surface area contributed by atoms with Gasteiger partial charge in [-0.25, -0.2) is 0 Å². The van der Waals surface area contributed by atoms with Crippen LogP contribution in [0, 0.1) is 56.7 Å². The fourth-order valence-corrected chi connectivity index (χ4v) is 17.5. The first-order valence-electron chi connectivity index (χ1n) is 28.5. The maximum absolute atomic E-state index is 12.8. The molecule has 452 valence electrons. The molecule has 32 atom stereocenters. The fraction of sp³-hybridized carbons (Fsp3) is 1.00. The summed E-state index contributed by atoms with van der Waals surface area (Å²) < 4.78 is 48.2. The molecule has 78 heavy (non-hydrogen) atoms. The molecule has 2 spiro atoms. The van der Waals surface area contributed by atoms with E-state index < -0.39 is 190 Å². The third kappa shape index (κ3) is 9.78. The standard InChI is InChI=1S/C54H92O24/c1-21(2)24(71-46-41(68)38(65)34(61)25(16-55)72-46)9-8-22(3)33-23(59)14-51(6)30-11-10-29-50(4,5)32(12-13-53(29)20-54(30,53)31(60)15-52(33,51)7)76-49-45(40(67)36(63)27(18-57)75-49)78-48-43(70)44(37(64)28(19-58)74-48)77-47-42(69)39(66)35(62)26(17-56)73-47/h21-49,55-70H,8-20H2,1-7H3/t22-,23+,24+,25+,26+,27+,28-,29-,30+,31+,32+,33+,34-,35+,36+,37+,38-,39-,40+,41+,42-,43-,44+,45-,46-,47+,48+,49+,51-,52-,53-,54+/m1/s1. The van der Waals surface area contributed by atoms with E-state index in [1.165, 1.54) is 0 Å². The number of hydrogen-bond donors (Lipinski definition) is 16. The largest absolute Gasteiger partial charge is 0.394 e. The highest BCUT2D eigenvalue weighted by molar-refractivity contribution is 5.33. The Bertz CT molecular complexity index is 2020. The van der Waals surface area contributed by atoms with Crippen LogP contribution in [0.5, 0.6) is 0 Å². The summed E-state index contributed by atoms with van der Waals surface area (Å²) in [4.78, 5) is 0. The molecule has 24 heteroatoms. The van der Waals surface area contributed by atoms with Crippen LogP contribution in [-0.4, -0.2) is 255 Å². The summed E-state index contributed by atoms with van der Waals surface area (Å²) in [6.45, 7) is 11.9. The first-order chi connectivity index (χ1) is 36.6. The normalized spacial score (nSPS) is 54.6. The molecule has 9 rings (SSSR count). The Morgan fingerprint density at radius 1 is 0.487 bits per heavy atom. The second-order valence-corrected chi connectivity index (χ2v) is 26.4. The fourth-order valence-electron chi connectivity index (χ4n) is 17.5.